The highest BCUT2D eigenvalue weighted by atomic mass is 19.1. The number of fused-ring (bicyclic) bond motifs is 1. The third-order valence-corrected chi connectivity index (χ3v) is 6.43. The number of hydrogen-bond acceptors (Lipinski definition) is 6. The van der Waals surface area contributed by atoms with Gasteiger partial charge in [-0.05, 0) is 87.4 Å². The van der Waals surface area contributed by atoms with Crippen molar-refractivity contribution in [1.82, 2.24) is 4.98 Å². The molecule has 2 N–H and O–H groups in total. The largest absolute Gasteiger partial charge is 0.490 e. The first-order chi connectivity index (χ1) is 18.9. The summed E-state index contributed by atoms with van der Waals surface area (Å²) in [6, 6.07) is 17.8. The maximum absolute atomic E-state index is 13.1. The van der Waals surface area contributed by atoms with E-state index in [2.05, 4.69) is 15.6 Å². The summed E-state index contributed by atoms with van der Waals surface area (Å²) >= 11 is 0. The van der Waals surface area contributed by atoms with Gasteiger partial charge in [0.2, 0.25) is 11.8 Å². The smallest absolute Gasteiger partial charge is 0.240 e. The number of ether oxygens (including phenoxy) is 3. The Bertz CT molecular complexity index is 1500. The molecular formula is C30H28FN3O5. The number of halogens is 1. The molecule has 3 aromatic carbocycles. The van der Waals surface area contributed by atoms with Crippen LogP contribution in [0.1, 0.15) is 26.7 Å². The molecule has 0 atom stereocenters. The van der Waals surface area contributed by atoms with E-state index in [9.17, 15) is 14.0 Å². The van der Waals surface area contributed by atoms with Crippen molar-refractivity contribution in [2.45, 2.75) is 26.7 Å². The zero-order valence-electron chi connectivity index (χ0n) is 21.6. The molecule has 1 aliphatic rings. The number of nitrogens with zero attached hydrogens (tertiary/aromatic N) is 1. The van der Waals surface area contributed by atoms with Gasteiger partial charge in [0.1, 0.15) is 22.7 Å². The minimum Gasteiger partial charge on any atom is -0.490 e. The Kier molecular flexibility index (Phi) is 7.31. The molecule has 1 saturated carbocycles. The van der Waals surface area contributed by atoms with Crippen LogP contribution in [0.3, 0.4) is 0 Å². The van der Waals surface area contributed by atoms with Crippen molar-refractivity contribution < 1.29 is 28.2 Å². The Morgan fingerprint density at radius 3 is 1.95 bits per heavy atom. The molecule has 5 rings (SSSR count). The summed E-state index contributed by atoms with van der Waals surface area (Å²) in [7, 11) is 0. The van der Waals surface area contributed by atoms with E-state index in [1.54, 1.807) is 36.5 Å². The van der Waals surface area contributed by atoms with Crippen molar-refractivity contribution in [2.24, 2.45) is 5.41 Å². The van der Waals surface area contributed by atoms with E-state index in [0.717, 1.165) is 5.39 Å². The first kappa shape index (κ1) is 26.0. The molecule has 0 spiro atoms. The van der Waals surface area contributed by atoms with E-state index in [4.69, 9.17) is 14.2 Å². The van der Waals surface area contributed by atoms with Crippen LogP contribution in [-0.4, -0.2) is 30.0 Å². The van der Waals surface area contributed by atoms with Gasteiger partial charge in [0.05, 0.1) is 18.7 Å². The second-order valence-electron chi connectivity index (χ2n) is 9.11. The van der Waals surface area contributed by atoms with E-state index in [1.165, 1.54) is 24.3 Å². The molecule has 39 heavy (non-hydrogen) atoms. The van der Waals surface area contributed by atoms with Crippen LogP contribution in [-0.2, 0) is 9.59 Å². The first-order valence-electron chi connectivity index (χ1n) is 12.8. The number of pyridine rings is 1. The summed E-state index contributed by atoms with van der Waals surface area (Å²) in [5.74, 6) is 1.19. The molecule has 0 bridgehead atoms. The van der Waals surface area contributed by atoms with Crippen molar-refractivity contribution in [1.29, 1.82) is 0 Å². The van der Waals surface area contributed by atoms with Gasteiger partial charge in [-0.1, -0.05) is 0 Å². The lowest BCUT2D eigenvalue weighted by Gasteiger charge is -2.16. The molecule has 8 nitrogen and oxygen atoms in total. The topological polar surface area (TPSA) is 98.8 Å². The highest BCUT2D eigenvalue weighted by Crippen LogP contribution is 2.47. The summed E-state index contributed by atoms with van der Waals surface area (Å²) in [6.45, 7) is 4.81. The highest BCUT2D eigenvalue weighted by molar-refractivity contribution is 6.16. The lowest BCUT2D eigenvalue weighted by molar-refractivity contribution is -0.131. The third-order valence-electron chi connectivity index (χ3n) is 6.43. The summed E-state index contributed by atoms with van der Waals surface area (Å²) in [5, 5.41) is 6.30. The van der Waals surface area contributed by atoms with Gasteiger partial charge in [-0.2, -0.15) is 0 Å². The van der Waals surface area contributed by atoms with Gasteiger partial charge in [0.15, 0.2) is 11.5 Å². The second kappa shape index (κ2) is 11.0. The van der Waals surface area contributed by atoms with Crippen LogP contribution in [0.2, 0.25) is 0 Å². The van der Waals surface area contributed by atoms with Gasteiger partial charge in [0, 0.05) is 29.0 Å². The van der Waals surface area contributed by atoms with E-state index in [1.807, 2.05) is 26.0 Å². The van der Waals surface area contributed by atoms with Crippen molar-refractivity contribution in [3.8, 4) is 23.0 Å². The molecule has 0 saturated heterocycles. The molecular weight excluding hydrogens is 501 g/mol. The molecule has 0 aliphatic heterocycles. The molecule has 200 valence electrons. The van der Waals surface area contributed by atoms with Crippen LogP contribution >= 0.6 is 0 Å². The van der Waals surface area contributed by atoms with E-state index < -0.39 is 17.1 Å². The van der Waals surface area contributed by atoms with E-state index in [-0.39, 0.29) is 5.91 Å². The zero-order valence-corrected chi connectivity index (χ0v) is 21.6. The quantitative estimate of drug-likeness (QED) is 0.233. The van der Waals surface area contributed by atoms with Crippen LogP contribution < -0.4 is 24.8 Å². The molecule has 2 amide bonds. The van der Waals surface area contributed by atoms with Crippen LogP contribution in [0.4, 0.5) is 15.8 Å². The van der Waals surface area contributed by atoms with Crippen LogP contribution in [0.25, 0.3) is 10.9 Å². The molecule has 1 aromatic heterocycles. The summed E-state index contributed by atoms with van der Waals surface area (Å²) in [4.78, 5) is 30.2. The summed E-state index contributed by atoms with van der Waals surface area (Å²) < 4.78 is 30.7. The summed E-state index contributed by atoms with van der Waals surface area (Å²) in [6.07, 6.45) is 2.54. The van der Waals surface area contributed by atoms with E-state index >= 15 is 0 Å². The average Bonchev–Trinajstić information content (AvgIpc) is 3.75. The number of nitrogens with one attached hydrogen (secondary N) is 2. The van der Waals surface area contributed by atoms with Gasteiger partial charge in [-0.25, -0.2) is 4.39 Å². The van der Waals surface area contributed by atoms with Gasteiger partial charge in [0.25, 0.3) is 0 Å². The number of aromatic nitrogens is 1. The molecule has 4 aromatic rings. The Morgan fingerprint density at radius 1 is 0.821 bits per heavy atom. The van der Waals surface area contributed by atoms with Gasteiger partial charge in [-0.15, -0.1) is 0 Å². The molecule has 1 aliphatic carbocycles. The minimum absolute atomic E-state index is 0.385. The first-order valence-corrected chi connectivity index (χ1v) is 12.8. The third kappa shape index (κ3) is 5.62. The Morgan fingerprint density at radius 2 is 1.38 bits per heavy atom. The number of carbonyl (C=O) groups excluding carboxylic acids is 2. The maximum Gasteiger partial charge on any atom is 0.240 e. The average molecular weight is 530 g/mol. The fourth-order valence-electron chi connectivity index (χ4n) is 4.20. The monoisotopic (exact) mass is 529 g/mol. The molecule has 1 heterocycles. The SMILES string of the molecule is CCOc1cc2nccc(Oc3ccc(NC(=O)C4(C(=O)Nc5ccc(F)cc5)CC4)cc3)c2cc1OCC. The number of rotatable bonds is 10. The lowest BCUT2D eigenvalue weighted by Crippen LogP contribution is -2.35. The van der Waals surface area contributed by atoms with E-state index in [0.29, 0.717) is 65.9 Å². The van der Waals surface area contributed by atoms with Gasteiger partial charge < -0.3 is 24.8 Å². The number of anilines is 2. The molecule has 9 heteroatoms. The minimum atomic E-state index is -1.14. The Hall–Kier alpha value is -4.66. The molecule has 1 fully saturated rings. The van der Waals surface area contributed by atoms with Crippen LogP contribution in [0.15, 0.2) is 72.9 Å². The Balaban J connectivity index is 1.27. The second-order valence-corrected chi connectivity index (χ2v) is 9.11. The zero-order chi connectivity index (χ0) is 27.4. The van der Waals surface area contributed by atoms with Gasteiger partial charge >= 0.3 is 0 Å². The lowest BCUT2D eigenvalue weighted by atomic mass is 10.0. The standard InChI is InChI=1S/C30H28FN3O5/c1-3-37-26-17-23-24(18-27(26)38-4-2)32-16-13-25(23)39-22-11-9-21(10-12-22)34-29(36)30(14-15-30)28(35)33-20-7-5-19(31)6-8-20/h5-13,16-18H,3-4,14-15H2,1-2H3,(H,33,35)(H,34,36). The fraction of sp³-hybridized carbons (Fsp3) is 0.233. The van der Waals surface area contributed by atoms with Crippen molar-refractivity contribution >= 4 is 34.1 Å². The Labute approximate surface area is 225 Å². The normalized spacial score (nSPS) is 13.4. The van der Waals surface area contributed by atoms with Crippen LogP contribution in [0, 0.1) is 11.2 Å². The van der Waals surface area contributed by atoms with Gasteiger partial charge in [-0.3, -0.25) is 14.6 Å². The molecule has 0 unspecified atom stereocenters. The maximum atomic E-state index is 13.1. The van der Waals surface area contributed by atoms with Crippen LogP contribution in [0.5, 0.6) is 23.0 Å². The number of benzene rings is 3. The van der Waals surface area contributed by atoms with Crippen molar-refractivity contribution in [3.63, 3.8) is 0 Å². The van der Waals surface area contributed by atoms with Crippen molar-refractivity contribution in [2.75, 3.05) is 23.8 Å². The molecule has 0 radical (unpaired) electrons. The fourth-order valence-corrected chi connectivity index (χ4v) is 4.20. The van der Waals surface area contributed by atoms with Crippen molar-refractivity contribution in [3.05, 3.63) is 78.7 Å². The highest BCUT2D eigenvalue weighted by Gasteiger charge is 2.56. The predicted octanol–water partition coefficient (Wildman–Crippen LogP) is 6.32. The number of amides is 2. The number of carbonyl (C=O) groups is 2. The predicted molar refractivity (Wildman–Crippen MR) is 146 cm³/mol. The number of hydrogen-bond donors (Lipinski definition) is 2. The summed E-state index contributed by atoms with van der Waals surface area (Å²) in [5.41, 5.74) is 0.538.